The molecule has 4 aromatic rings. The van der Waals surface area contributed by atoms with Crippen LogP contribution in [0.4, 0.5) is 5.82 Å². The van der Waals surface area contributed by atoms with E-state index in [1.807, 2.05) is 68.4 Å². The summed E-state index contributed by atoms with van der Waals surface area (Å²) < 4.78 is 1.76. The molecule has 2 aromatic heterocycles. The van der Waals surface area contributed by atoms with Crippen LogP contribution in [0.5, 0.6) is 0 Å². The Morgan fingerprint density at radius 2 is 1.80 bits per heavy atom. The molecule has 0 aliphatic heterocycles. The van der Waals surface area contributed by atoms with E-state index in [9.17, 15) is 4.79 Å². The normalized spacial score (nSPS) is 11.9. The number of aryl methyl sites for hydroxylation is 2. The first-order chi connectivity index (χ1) is 14.6. The van der Waals surface area contributed by atoms with Gasteiger partial charge in [-0.2, -0.15) is 5.10 Å². The molecular formula is C24H24N4OS. The summed E-state index contributed by atoms with van der Waals surface area (Å²) in [4.78, 5) is 13.9. The van der Waals surface area contributed by atoms with Crippen molar-refractivity contribution in [2.24, 2.45) is 0 Å². The highest BCUT2D eigenvalue weighted by Gasteiger charge is 2.17. The average Bonchev–Trinajstić information content (AvgIpc) is 3.40. The van der Waals surface area contributed by atoms with E-state index in [1.165, 1.54) is 10.4 Å². The quantitative estimate of drug-likeness (QED) is 0.452. The summed E-state index contributed by atoms with van der Waals surface area (Å²) in [5.41, 5.74) is 4.07. The first kappa shape index (κ1) is 20.1. The van der Waals surface area contributed by atoms with E-state index in [0.717, 1.165) is 16.9 Å². The molecule has 0 bridgehead atoms. The lowest BCUT2D eigenvalue weighted by Gasteiger charge is -2.18. The molecular weight excluding hydrogens is 392 g/mol. The van der Waals surface area contributed by atoms with Gasteiger partial charge in [0.1, 0.15) is 5.82 Å². The summed E-state index contributed by atoms with van der Waals surface area (Å²) in [7, 11) is 0. The second-order valence-corrected chi connectivity index (χ2v) is 8.19. The Morgan fingerprint density at radius 3 is 2.50 bits per heavy atom. The molecule has 1 atom stereocenters. The Morgan fingerprint density at radius 1 is 1.03 bits per heavy atom. The minimum Gasteiger partial charge on any atom is -0.309 e. The molecule has 2 N–H and O–H groups in total. The van der Waals surface area contributed by atoms with Gasteiger partial charge in [-0.3, -0.25) is 10.1 Å². The van der Waals surface area contributed by atoms with Crippen molar-refractivity contribution in [2.75, 3.05) is 11.9 Å². The fourth-order valence-corrected chi connectivity index (χ4v) is 4.16. The van der Waals surface area contributed by atoms with Gasteiger partial charge in [0.2, 0.25) is 5.91 Å². The first-order valence-electron chi connectivity index (χ1n) is 9.85. The lowest BCUT2D eigenvalue weighted by molar-refractivity contribution is -0.115. The Hall–Kier alpha value is -3.22. The summed E-state index contributed by atoms with van der Waals surface area (Å²) in [6.45, 7) is 4.15. The number of hydrogen-bond donors (Lipinski definition) is 2. The minimum absolute atomic E-state index is 0.0271. The van der Waals surface area contributed by atoms with E-state index in [4.69, 9.17) is 0 Å². The predicted molar refractivity (Wildman–Crippen MR) is 122 cm³/mol. The van der Waals surface area contributed by atoms with Gasteiger partial charge in [0.05, 0.1) is 24.0 Å². The molecule has 1 amide bonds. The van der Waals surface area contributed by atoms with Gasteiger partial charge in [-0.25, -0.2) is 4.68 Å². The number of carbonyl (C=O) groups excluding carboxylic acids is 1. The Labute approximate surface area is 180 Å². The van der Waals surface area contributed by atoms with Gasteiger partial charge in [0.25, 0.3) is 0 Å². The molecule has 0 saturated heterocycles. The number of nitrogens with one attached hydrogen (secondary N) is 2. The van der Waals surface area contributed by atoms with Gasteiger partial charge >= 0.3 is 0 Å². The molecule has 0 spiro atoms. The van der Waals surface area contributed by atoms with Gasteiger partial charge in [-0.1, -0.05) is 54.1 Å². The number of nitrogens with zero attached hydrogens (tertiary/aromatic N) is 2. The van der Waals surface area contributed by atoms with Gasteiger partial charge in [-0.05, 0) is 43.0 Å². The Balaban J connectivity index is 1.48. The fraction of sp³-hybridized carbons (Fsp3) is 0.167. The number of thiophene rings is 1. The number of aromatic nitrogens is 2. The average molecular weight is 417 g/mol. The van der Waals surface area contributed by atoms with Crippen LogP contribution >= 0.6 is 11.3 Å². The lowest BCUT2D eigenvalue weighted by Crippen LogP contribution is -2.32. The van der Waals surface area contributed by atoms with Crippen LogP contribution in [0.25, 0.3) is 5.69 Å². The molecule has 0 radical (unpaired) electrons. The molecule has 0 aliphatic rings. The van der Waals surface area contributed by atoms with Crippen molar-refractivity contribution >= 4 is 23.1 Å². The van der Waals surface area contributed by atoms with Crippen LogP contribution in [-0.4, -0.2) is 22.2 Å². The molecule has 2 heterocycles. The van der Waals surface area contributed by atoms with Crippen molar-refractivity contribution in [3.05, 3.63) is 99.9 Å². The standard InChI is InChI=1S/C24H24N4OS/c1-17-10-12-20(13-11-17)28-22(15-18(2)27-28)26-23(29)16-25-24(21-9-6-14-30-21)19-7-4-3-5-8-19/h3-15,24-25H,16H2,1-2H3,(H,26,29)/t24-/m0/s1. The van der Waals surface area contributed by atoms with Crippen molar-refractivity contribution in [3.63, 3.8) is 0 Å². The topological polar surface area (TPSA) is 59.0 Å². The van der Waals surface area contributed by atoms with Gasteiger partial charge in [-0.15, -0.1) is 11.3 Å². The van der Waals surface area contributed by atoms with Crippen molar-refractivity contribution in [2.45, 2.75) is 19.9 Å². The third-order valence-electron chi connectivity index (χ3n) is 4.80. The van der Waals surface area contributed by atoms with Gasteiger partial charge in [0.15, 0.2) is 0 Å². The van der Waals surface area contributed by atoms with Crippen molar-refractivity contribution in [1.82, 2.24) is 15.1 Å². The SMILES string of the molecule is Cc1ccc(-n2nc(C)cc2NC(=O)CN[C@@H](c2ccccc2)c2cccs2)cc1. The molecule has 0 saturated carbocycles. The summed E-state index contributed by atoms with van der Waals surface area (Å²) in [5, 5.41) is 13.0. The summed E-state index contributed by atoms with van der Waals surface area (Å²) >= 11 is 1.68. The van der Waals surface area contributed by atoms with Crippen LogP contribution in [0.1, 0.15) is 27.7 Å². The van der Waals surface area contributed by atoms with E-state index < -0.39 is 0 Å². The maximum Gasteiger partial charge on any atom is 0.239 e. The maximum absolute atomic E-state index is 12.8. The van der Waals surface area contributed by atoms with Crippen LogP contribution in [0.2, 0.25) is 0 Å². The molecule has 5 nitrogen and oxygen atoms in total. The summed E-state index contributed by atoms with van der Waals surface area (Å²) in [5.74, 6) is 0.552. The third-order valence-corrected chi connectivity index (χ3v) is 5.74. The van der Waals surface area contributed by atoms with Crippen LogP contribution in [0, 0.1) is 13.8 Å². The van der Waals surface area contributed by atoms with E-state index in [2.05, 4.69) is 39.3 Å². The molecule has 4 rings (SSSR count). The molecule has 2 aromatic carbocycles. The Bertz CT molecular complexity index is 1100. The Kier molecular flexibility index (Phi) is 6.07. The second-order valence-electron chi connectivity index (χ2n) is 7.21. The molecule has 0 fully saturated rings. The number of amides is 1. The highest BCUT2D eigenvalue weighted by Crippen LogP contribution is 2.25. The van der Waals surface area contributed by atoms with Gasteiger partial charge < -0.3 is 5.32 Å². The predicted octanol–water partition coefficient (Wildman–Crippen LogP) is 4.87. The van der Waals surface area contributed by atoms with E-state index in [0.29, 0.717) is 5.82 Å². The summed E-state index contributed by atoms with van der Waals surface area (Å²) in [6.07, 6.45) is 0. The van der Waals surface area contributed by atoms with Crippen LogP contribution < -0.4 is 10.6 Å². The molecule has 6 heteroatoms. The highest BCUT2D eigenvalue weighted by molar-refractivity contribution is 7.10. The van der Waals surface area contributed by atoms with Crippen molar-refractivity contribution in [3.8, 4) is 5.69 Å². The zero-order valence-corrected chi connectivity index (χ0v) is 17.8. The number of benzene rings is 2. The third kappa shape index (κ3) is 4.67. The van der Waals surface area contributed by atoms with E-state index >= 15 is 0 Å². The van der Waals surface area contributed by atoms with E-state index in [1.54, 1.807) is 16.0 Å². The summed E-state index contributed by atoms with van der Waals surface area (Å²) in [6, 6.07) is 24.2. The lowest BCUT2D eigenvalue weighted by atomic mass is 10.1. The van der Waals surface area contributed by atoms with E-state index in [-0.39, 0.29) is 18.5 Å². The smallest absolute Gasteiger partial charge is 0.239 e. The highest BCUT2D eigenvalue weighted by atomic mass is 32.1. The first-order valence-corrected chi connectivity index (χ1v) is 10.7. The zero-order chi connectivity index (χ0) is 20.9. The number of carbonyl (C=O) groups is 1. The number of anilines is 1. The largest absolute Gasteiger partial charge is 0.309 e. The van der Waals surface area contributed by atoms with Crippen LogP contribution in [0.15, 0.2) is 78.2 Å². The molecule has 0 unspecified atom stereocenters. The maximum atomic E-state index is 12.8. The number of hydrogen-bond acceptors (Lipinski definition) is 4. The number of rotatable bonds is 7. The fourth-order valence-electron chi connectivity index (χ4n) is 3.34. The minimum atomic E-state index is -0.110. The monoisotopic (exact) mass is 416 g/mol. The van der Waals surface area contributed by atoms with Crippen molar-refractivity contribution in [1.29, 1.82) is 0 Å². The second kappa shape index (κ2) is 9.07. The molecule has 30 heavy (non-hydrogen) atoms. The molecule has 152 valence electrons. The van der Waals surface area contributed by atoms with Crippen LogP contribution in [-0.2, 0) is 4.79 Å². The molecule has 0 aliphatic carbocycles. The van der Waals surface area contributed by atoms with Crippen LogP contribution in [0.3, 0.4) is 0 Å². The zero-order valence-electron chi connectivity index (χ0n) is 17.0. The van der Waals surface area contributed by atoms with Crippen molar-refractivity contribution < 1.29 is 4.79 Å². The van der Waals surface area contributed by atoms with Gasteiger partial charge in [0, 0.05) is 10.9 Å².